The number of aromatic nitrogens is 1. The van der Waals surface area contributed by atoms with Crippen LogP contribution in [0, 0.1) is 13.8 Å². The number of pyridine rings is 1. The van der Waals surface area contributed by atoms with Crippen molar-refractivity contribution in [2.75, 3.05) is 0 Å². The Bertz CT molecular complexity index is 370. The molecule has 0 radical (unpaired) electrons. The second-order valence-electron chi connectivity index (χ2n) is 4.06. The van der Waals surface area contributed by atoms with Crippen molar-refractivity contribution in [1.82, 2.24) is 4.98 Å². The van der Waals surface area contributed by atoms with Crippen molar-refractivity contribution in [2.24, 2.45) is 0 Å². The van der Waals surface area contributed by atoms with E-state index in [1.54, 1.807) is 20.0 Å². The van der Waals surface area contributed by atoms with Crippen molar-refractivity contribution in [3.05, 3.63) is 29.1 Å². The highest BCUT2D eigenvalue weighted by Crippen LogP contribution is 2.23. The van der Waals surface area contributed by atoms with E-state index in [1.807, 2.05) is 19.9 Å². The first-order chi connectivity index (χ1) is 6.35. The van der Waals surface area contributed by atoms with Crippen LogP contribution in [0.3, 0.4) is 0 Å². The molecule has 0 bridgehead atoms. The van der Waals surface area contributed by atoms with Crippen molar-refractivity contribution in [3.63, 3.8) is 0 Å². The summed E-state index contributed by atoms with van der Waals surface area (Å²) < 4.78 is 0. The van der Waals surface area contributed by atoms with E-state index >= 15 is 0 Å². The molecule has 1 N–H and O–H groups in total. The van der Waals surface area contributed by atoms with Gasteiger partial charge in [-0.25, -0.2) is 0 Å². The van der Waals surface area contributed by atoms with Gasteiger partial charge in [-0.1, -0.05) is 6.07 Å². The summed E-state index contributed by atoms with van der Waals surface area (Å²) in [4.78, 5) is 15.2. The van der Waals surface area contributed by atoms with Crippen LogP contribution in [0.25, 0.3) is 0 Å². The molecule has 0 unspecified atom stereocenters. The lowest BCUT2D eigenvalue weighted by Gasteiger charge is -2.19. The zero-order valence-electron chi connectivity index (χ0n) is 8.96. The summed E-state index contributed by atoms with van der Waals surface area (Å²) in [5, 5.41) is 9.03. The highest BCUT2D eigenvalue weighted by atomic mass is 16.4. The summed E-state index contributed by atoms with van der Waals surface area (Å²) in [6.45, 7) is 7.21. The molecule has 1 heterocycles. The number of carboxylic acids is 1. The van der Waals surface area contributed by atoms with Crippen molar-refractivity contribution < 1.29 is 9.90 Å². The molecular weight excluding hydrogens is 178 g/mol. The smallest absolute Gasteiger partial charge is 0.313 e. The first-order valence-electron chi connectivity index (χ1n) is 4.53. The number of hydrogen-bond acceptors (Lipinski definition) is 2. The van der Waals surface area contributed by atoms with Crippen LogP contribution in [-0.4, -0.2) is 16.1 Å². The molecule has 3 heteroatoms. The molecule has 0 aromatic carbocycles. The van der Waals surface area contributed by atoms with Crippen LogP contribution < -0.4 is 0 Å². The third kappa shape index (κ3) is 1.76. The molecule has 0 atom stereocenters. The maximum Gasteiger partial charge on any atom is 0.313 e. The molecule has 1 aromatic heterocycles. The standard InChI is InChI=1S/C11H15NO2/c1-7-5-9(6-12-8(7)2)11(3,4)10(13)14/h5-6H,1-4H3,(H,13,14). The number of nitrogens with zero attached hydrogens (tertiary/aromatic N) is 1. The van der Waals surface area contributed by atoms with Crippen LogP contribution in [-0.2, 0) is 10.2 Å². The molecule has 0 saturated heterocycles. The molecule has 0 aliphatic heterocycles. The highest BCUT2D eigenvalue weighted by Gasteiger charge is 2.29. The summed E-state index contributed by atoms with van der Waals surface area (Å²) in [7, 11) is 0. The summed E-state index contributed by atoms with van der Waals surface area (Å²) in [6.07, 6.45) is 1.64. The zero-order chi connectivity index (χ0) is 10.9. The Morgan fingerprint density at radius 1 is 1.43 bits per heavy atom. The molecule has 0 fully saturated rings. The number of aliphatic carboxylic acids is 1. The fraction of sp³-hybridized carbons (Fsp3) is 0.455. The van der Waals surface area contributed by atoms with E-state index in [-0.39, 0.29) is 0 Å². The molecule has 0 spiro atoms. The normalized spacial score (nSPS) is 11.4. The average Bonchev–Trinajstić information content (AvgIpc) is 2.09. The summed E-state index contributed by atoms with van der Waals surface area (Å²) in [5.41, 5.74) is 1.84. The lowest BCUT2D eigenvalue weighted by atomic mass is 9.85. The third-order valence-corrected chi connectivity index (χ3v) is 2.60. The first-order valence-corrected chi connectivity index (χ1v) is 4.53. The van der Waals surface area contributed by atoms with Crippen LogP contribution in [0.15, 0.2) is 12.3 Å². The topological polar surface area (TPSA) is 50.2 Å². The molecule has 76 valence electrons. The first kappa shape index (κ1) is 10.7. The van der Waals surface area contributed by atoms with Gasteiger partial charge in [0.25, 0.3) is 0 Å². The Morgan fingerprint density at radius 2 is 2.00 bits per heavy atom. The lowest BCUT2D eigenvalue weighted by Crippen LogP contribution is -2.28. The minimum Gasteiger partial charge on any atom is -0.481 e. The second-order valence-corrected chi connectivity index (χ2v) is 4.06. The number of carboxylic acid groups (broad SMARTS) is 1. The van der Waals surface area contributed by atoms with Crippen molar-refractivity contribution in [1.29, 1.82) is 0 Å². The SMILES string of the molecule is Cc1cc(C(C)(C)C(=O)O)cnc1C. The van der Waals surface area contributed by atoms with Crippen LogP contribution >= 0.6 is 0 Å². The molecule has 0 saturated carbocycles. The zero-order valence-corrected chi connectivity index (χ0v) is 8.96. The maximum absolute atomic E-state index is 11.0. The van der Waals surface area contributed by atoms with Gasteiger partial charge in [-0.3, -0.25) is 9.78 Å². The van der Waals surface area contributed by atoms with E-state index in [0.29, 0.717) is 0 Å². The Kier molecular flexibility index (Phi) is 2.60. The molecule has 0 aliphatic rings. The monoisotopic (exact) mass is 193 g/mol. The molecular formula is C11H15NO2. The van der Waals surface area contributed by atoms with Gasteiger partial charge in [-0.05, 0) is 38.8 Å². The van der Waals surface area contributed by atoms with Crippen molar-refractivity contribution in [3.8, 4) is 0 Å². The van der Waals surface area contributed by atoms with Gasteiger partial charge in [0, 0.05) is 11.9 Å². The molecule has 1 rings (SSSR count). The molecule has 0 amide bonds. The molecule has 14 heavy (non-hydrogen) atoms. The number of hydrogen-bond donors (Lipinski definition) is 1. The summed E-state index contributed by atoms with van der Waals surface area (Å²) in [6, 6.07) is 1.89. The van der Waals surface area contributed by atoms with E-state index in [0.717, 1.165) is 16.8 Å². The fourth-order valence-electron chi connectivity index (χ4n) is 1.11. The lowest BCUT2D eigenvalue weighted by molar-refractivity contribution is -0.142. The predicted octanol–water partition coefficient (Wildman–Crippen LogP) is 2.06. The fourth-order valence-corrected chi connectivity index (χ4v) is 1.11. The Labute approximate surface area is 83.8 Å². The third-order valence-electron chi connectivity index (χ3n) is 2.60. The van der Waals surface area contributed by atoms with Crippen LogP contribution in [0.2, 0.25) is 0 Å². The molecule has 0 aliphatic carbocycles. The minimum absolute atomic E-state index is 0.744. The predicted molar refractivity (Wildman–Crippen MR) is 54.4 cm³/mol. The quantitative estimate of drug-likeness (QED) is 0.782. The van der Waals surface area contributed by atoms with E-state index in [2.05, 4.69) is 4.98 Å². The number of rotatable bonds is 2. The van der Waals surface area contributed by atoms with Crippen LogP contribution in [0.4, 0.5) is 0 Å². The van der Waals surface area contributed by atoms with Gasteiger partial charge in [-0.2, -0.15) is 0 Å². The van der Waals surface area contributed by atoms with Crippen molar-refractivity contribution in [2.45, 2.75) is 33.1 Å². The van der Waals surface area contributed by atoms with Crippen LogP contribution in [0.5, 0.6) is 0 Å². The van der Waals surface area contributed by atoms with Gasteiger partial charge < -0.3 is 5.11 Å². The minimum atomic E-state index is -0.870. The van der Waals surface area contributed by atoms with E-state index in [4.69, 9.17) is 5.11 Å². The number of carbonyl (C=O) groups is 1. The summed E-state index contributed by atoms with van der Waals surface area (Å²) in [5.74, 6) is -0.831. The molecule has 1 aromatic rings. The van der Waals surface area contributed by atoms with Gasteiger partial charge in [0.2, 0.25) is 0 Å². The van der Waals surface area contributed by atoms with Crippen LogP contribution in [0.1, 0.15) is 30.7 Å². The Balaban J connectivity index is 3.21. The van der Waals surface area contributed by atoms with Gasteiger partial charge in [-0.15, -0.1) is 0 Å². The van der Waals surface area contributed by atoms with Gasteiger partial charge in [0.05, 0.1) is 5.41 Å². The van der Waals surface area contributed by atoms with Gasteiger partial charge in [0.15, 0.2) is 0 Å². The summed E-state index contributed by atoms with van der Waals surface area (Å²) >= 11 is 0. The van der Waals surface area contributed by atoms with Crippen molar-refractivity contribution >= 4 is 5.97 Å². The average molecular weight is 193 g/mol. The second kappa shape index (κ2) is 3.40. The molecule has 3 nitrogen and oxygen atoms in total. The van der Waals surface area contributed by atoms with E-state index < -0.39 is 11.4 Å². The highest BCUT2D eigenvalue weighted by molar-refractivity contribution is 5.80. The Morgan fingerprint density at radius 3 is 2.43 bits per heavy atom. The largest absolute Gasteiger partial charge is 0.481 e. The van der Waals surface area contributed by atoms with E-state index in [1.165, 1.54) is 0 Å². The number of aryl methyl sites for hydroxylation is 2. The Hall–Kier alpha value is -1.38. The van der Waals surface area contributed by atoms with E-state index in [9.17, 15) is 4.79 Å². The van der Waals surface area contributed by atoms with Gasteiger partial charge >= 0.3 is 5.97 Å². The van der Waals surface area contributed by atoms with Gasteiger partial charge in [0.1, 0.15) is 0 Å². The maximum atomic E-state index is 11.0.